The molecule has 0 saturated carbocycles. The van der Waals surface area contributed by atoms with Crippen LogP contribution in [0.2, 0.25) is 0 Å². The minimum absolute atomic E-state index is 0.538. The van der Waals surface area contributed by atoms with Crippen molar-refractivity contribution in [3.63, 3.8) is 0 Å². The smallest absolute Gasteiger partial charge is 0.310 e. The van der Waals surface area contributed by atoms with Crippen molar-refractivity contribution in [2.75, 3.05) is 11.9 Å². The quantitative estimate of drug-likeness (QED) is 0.920. The van der Waals surface area contributed by atoms with Crippen molar-refractivity contribution in [1.29, 1.82) is 0 Å². The molecule has 0 radical (unpaired) electrons. The van der Waals surface area contributed by atoms with Crippen LogP contribution in [-0.4, -0.2) is 23.1 Å². The normalized spacial score (nSPS) is 12.1. The molecule has 0 saturated heterocycles. The third kappa shape index (κ3) is 2.36. The molecule has 0 aliphatic rings. The van der Waals surface area contributed by atoms with E-state index in [9.17, 15) is 4.79 Å². The van der Waals surface area contributed by atoms with Crippen LogP contribution >= 0.6 is 11.3 Å². The average molecular weight is 262 g/mol. The van der Waals surface area contributed by atoms with Crippen LogP contribution in [0, 0.1) is 0 Å². The summed E-state index contributed by atoms with van der Waals surface area (Å²) in [6, 6.07) is 7.51. The molecule has 0 bridgehead atoms. The number of rotatable bonds is 4. The van der Waals surface area contributed by atoms with E-state index in [0.29, 0.717) is 0 Å². The lowest BCUT2D eigenvalue weighted by atomic mass is 9.99. The van der Waals surface area contributed by atoms with Gasteiger partial charge in [0.15, 0.2) is 5.13 Å². The van der Waals surface area contributed by atoms with Crippen molar-refractivity contribution < 1.29 is 9.90 Å². The van der Waals surface area contributed by atoms with Gasteiger partial charge < -0.3 is 10.0 Å². The van der Waals surface area contributed by atoms with Crippen LogP contribution in [0.4, 0.5) is 10.8 Å². The van der Waals surface area contributed by atoms with Crippen LogP contribution in [0.3, 0.4) is 0 Å². The molecular formula is C13H14N2O2S. The van der Waals surface area contributed by atoms with E-state index >= 15 is 0 Å². The minimum Gasteiger partial charge on any atom is -0.481 e. The lowest BCUT2D eigenvalue weighted by Crippen LogP contribution is -2.15. The van der Waals surface area contributed by atoms with Gasteiger partial charge in [-0.2, -0.15) is 0 Å². The third-order valence-corrected chi connectivity index (χ3v) is 3.69. The molecule has 0 fully saturated rings. The van der Waals surface area contributed by atoms with Crippen LogP contribution in [-0.2, 0) is 4.79 Å². The Morgan fingerprint density at radius 1 is 1.44 bits per heavy atom. The number of aromatic nitrogens is 1. The predicted molar refractivity (Wildman–Crippen MR) is 72.7 cm³/mol. The van der Waals surface area contributed by atoms with E-state index in [2.05, 4.69) is 4.98 Å². The molecule has 18 heavy (non-hydrogen) atoms. The summed E-state index contributed by atoms with van der Waals surface area (Å²) in [6.45, 7) is 1.69. The molecule has 1 unspecified atom stereocenters. The van der Waals surface area contributed by atoms with Crippen LogP contribution in [0.15, 0.2) is 35.8 Å². The summed E-state index contributed by atoms with van der Waals surface area (Å²) >= 11 is 1.52. The highest BCUT2D eigenvalue weighted by atomic mass is 32.1. The van der Waals surface area contributed by atoms with Gasteiger partial charge in [0.05, 0.1) is 5.92 Å². The number of aliphatic carboxylic acids is 1. The molecule has 94 valence electrons. The van der Waals surface area contributed by atoms with Gasteiger partial charge in [-0.05, 0) is 18.6 Å². The highest BCUT2D eigenvalue weighted by Crippen LogP contribution is 2.32. The fourth-order valence-corrected chi connectivity index (χ4v) is 2.40. The van der Waals surface area contributed by atoms with E-state index in [0.717, 1.165) is 16.4 Å². The Balaban J connectivity index is 2.42. The van der Waals surface area contributed by atoms with E-state index in [1.807, 2.05) is 41.6 Å². The molecule has 2 rings (SSSR count). The number of benzene rings is 1. The number of carboxylic acids is 1. The van der Waals surface area contributed by atoms with E-state index in [-0.39, 0.29) is 0 Å². The second kappa shape index (κ2) is 5.18. The maximum atomic E-state index is 11.1. The zero-order valence-corrected chi connectivity index (χ0v) is 11.0. The molecule has 0 aliphatic carbocycles. The first-order valence-corrected chi connectivity index (χ1v) is 6.44. The first-order chi connectivity index (χ1) is 8.61. The molecule has 0 aliphatic heterocycles. The van der Waals surface area contributed by atoms with Gasteiger partial charge in [-0.1, -0.05) is 18.2 Å². The molecule has 2 aromatic rings. The summed E-state index contributed by atoms with van der Waals surface area (Å²) in [5, 5.41) is 11.9. The number of hydrogen-bond donors (Lipinski definition) is 1. The Bertz CT molecular complexity index is 540. The lowest BCUT2D eigenvalue weighted by Gasteiger charge is -2.21. The van der Waals surface area contributed by atoms with Gasteiger partial charge in [-0.25, -0.2) is 4.98 Å². The third-order valence-electron chi connectivity index (χ3n) is 2.84. The fraction of sp³-hybridized carbons (Fsp3) is 0.231. The first kappa shape index (κ1) is 12.6. The number of carboxylic acid groups (broad SMARTS) is 1. The lowest BCUT2D eigenvalue weighted by molar-refractivity contribution is -0.138. The van der Waals surface area contributed by atoms with Gasteiger partial charge in [0.2, 0.25) is 0 Å². The Morgan fingerprint density at radius 2 is 2.17 bits per heavy atom. The average Bonchev–Trinajstić information content (AvgIpc) is 2.90. The Hall–Kier alpha value is -1.88. The maximum Gasteiger partial charge on any atom is 0.310 e. The molecule has 1 atom stereocenters. The second-order valence-electron chi connectivity index (χ2n) is 3.99. The molecule has 5 heteroatoms. The van der Waals surface area contributed by atoms with Crippen molar-refractivity contribution in [3.8, 4) is 0 Å². The van der Waals surface area contributed by atoms with Crippen molar-refractivity contribution in [2.45, 2.75) is 12.8 Å². The summed E-state index contributed by atoms with van der Waals surface area (Å²) in [5.74, 6) is -1.36. The van der Waals surface area contributed by atoms with Crippen molar-refractivity contribution in [1.82, 2.24) is 4.98 Å². The predicted octanol–water partition coefficient (Wildman–Crippen LogP) is 3.10. The van der Waals surface area contributed by atoms with Crippen molar-refractivity contribution >= 4 is 28.1 Å². The van der Waals surface area contributed by atoms with Gasteiger partial charge in [0, 0.05) is 24.3 Å². The summed E-state index contributed by atoms with van der Waals surface area (Å²) in [6.07, 6.45) is 1.74. The summed E-state index contributed by atoms with van der Waals surface area (Å²) in [4.78, 5) is 17.3. The van der Waals surface area contributed by atoms with Crippen molar-refractivity contribution in [2.24, 2.45) is 0 Å². The minimum atomic E-state index is -0.824. The molecule has 1 aromatic heterocycles. The van der Waals surface area contributed by atoms with Gasteiger partial charge >= 0.3 is 5.97 Å². The Labute approximate surface area is 110 Å². The molecule has 4 nitrogen and oxygen atoms in total. The Morgan fingerprint density at radius 3 is 2.78 bits per heavy atom. The van der Waals surface area contributed by atoms with E-state index in [1.54, 1.807) is 13.1 Å². The molecule has 1 N–H and O–H groups in total. The standard InChI is InChI=1S/C13H14N2O2S/c1-9(12(16)17)10-5-3-4-6-11(10)15(2)13-14-7-8-18-13/h3-9H,1-2H3,(H,16,17). The molecule has 0 spiro atoms. The Kier molecular flexibility index (Phi) is 3.62. The highest BCUT2D eigenvalue weighted by molar-refractivity contribution is 7.13. The molecule has 0 amide bonds. The monoisotopic (exact) mass is 262 g/mol. The maximum absolute atomic E-state index is 11.1. The highest BCUT2D eigenvalue weighted by Gasteiger charge is 2.19. The topological polar surface area (TPSA) is 53.4 Å². The summed E-state index contributed by atoms with van der Waals surface area (Å²) in [7, 11) is 1.90. The number of para-hydroxylation sites is 1. The molecule has 1 aromatic carbocycles. The van der Waals surface area contributed by atoms with E-state index < -0.39 is 11.9 Å². The van der Waals surface area contributed by atoms with Gasteiger partial charge in [-0.15, -0.1) is 11.3 Å². The van der Waals surface area contributed by atoms with Crippen LogP contribution in [0.5, 0.6) is 0 Å². The SMILES string of the molecule is CC(C(=O)O)c1ccccc1N(C)c1nccs1. The number of nitrogens with zero attached hydrogens (tertiary/aromatic N) is 2. The number of thiazole rings is 1. The fourth-order valence-electron chi connectivity index (χ4n) is 1.78. The largest absolute Gasteiger partial charge is 0.481 e. The molecule has 1 heterocycles. The van der Waals surface area contributed by atoms with E-state index in [1.165, 1.54) is 11.3 Å². The van der Waals surface area contributed by atoms with Crippen LogP contribution in [0.1, 0.15) is 18.4 Å². The van der Waals surface area contributed by atoms with Crippen LogP contribution in [0.25, 0.3) is 0 Å². The number of anilines is 2. The van der Waals surface area contributed by atoms with Gasteiger partial charge in [0.25, 0.3) is 0 Å². The summed E-state index contributed by atoms with van der Waals surface area (Å²) in [5.41, 5.74) is 1.67. The van der Waals surface area contributed by atoms with Crippen molar-refractivity contribution in [3.05, 3.63) is 41.4 Å². The van der Waals surface area contributed by atoms with Crippen LogP contribution < -0.4 is 4.90 Å². The van der Waals surface area contributed by atoms with E-state index in [4.69, 9.17) is 5.11 Å². The second-order valence-corrected chi connectivity index (χ2v) is 4.87. The number of hydrogen-bond acceptors (Lipinski definition) is 4. The van der Waals surface area contributed by atoms with Gasteiger partial charge in [-0.3, -0.25) is 4.79 Å². The number of carbonyl (C=O) groups is 1. The van der Waals surface area contributed by atoms with Gasteiger partial charge in [0.1, 0.15) is 0 Å². The molecular weight excluding hydrogens is 248 g/mol. The first-order valence-electron chi connectivity index (χ1n) is 5.56. The zero-order valence-electron chi connectivity index (χ0n) is 10.2. The zero-order chi connectivity index (χ0) is 13.1. The summed E-state index contributed by atoms with van der Waals surface area (Å²) < 4.78 is 0.